The molecule has 0 aromatic heterocycles. The van der Waals surface area contributed by atoms with E-state index in [0.29, 0.717) is 12.5 Å². The van der Waals surface area contributed by atoms with Crippen molar-refractivity contribution in [2.24, 2.45) is 5.92 Å². The van der Waals surface area contributed by atoms with E-state index < -0.39 is 0 Å². The van der Waals surface area contributed by atoms with Crippen molar-refractivity contribution in [1.82, 2.24) is 16.0 Å². The van der Waals surface area contributed by atoms with Crippen LogP contribution in [-0.2, 0) is 9.59 Å². The Labute approximate surface area is 100 Å². The van der Waals surface area contributed by atoms with Gasteiger partial charge in [-0.1, -0.05) is 13.8 Å². The molecule has 1 fully saturated rings. The highest BCUT2D eigenvalue weighted by Crippen LogP contribution is 2.08. The molecule has 0 bridgehead atoms. The van der Waals surface area contributed by atoms with E-state index in [4.69, 9.17) is 0 Å². The fraction of sp³-hybridized carbons (Fsp3) is 0.800. The average molecular weight is 245 g/mol. The predicted octanol–water partition coefficient (Wildman–Crippen LogP) is -0.463. The van der Waals surface area contributed by atoms with Gasteiger partial charge < -0.3 is 10.6 Å². The van der Waals surface area contributed by atoms with Crippen LogP contribution < -0.4 is 16.0 Å². The van der Waals surface area contributed by atoms with Gasteiger partial charge in [-0.2, -0.15) is 0 Å². The molecular weight excluding hydrogens is 226 g/mol. The molecule has 0 saturated carbocycles. The number of amides is 2. The van der Waals surface area contributed by atoms with E-state index in [1.165, 1.54) is 0 Å². The van der Waals surface area contributed by atoms with Gasteiger partial charge in [-0.15, -0.1) is 11.8 Å². The SMILES string of the molecule is CC(C)CNC(=O)CNC(=O)C1CSCN1. The molecule has 16 heavy (non-hydrogen) atoms. The molecule has 2 amide bonds. The second kappa shape index (κ2) is 6.75. The lowest BCUT2D eigenvalue weighted by molar-refractivity contribution is -0.126. The van der Waals surface area contributed by atoms with Crippen molar-refractivity contribution in [3.05, 3.63) is 0 Å². The van der Waals surface area contributed by atoms with Crippen LogP contribution in [-0.4, -0.2) is 42.6 Å². The summed E-state index contributed by atoms with van der Waals surface area (Å²) < 4.78 is 0. The monoisotopic (exact) mass is 245 g/mol. The molecular formula is C10H19N3O2S. The summed E-state index contributed by atoms with van der Waals surface area (Å²) in [6.45, 7) is 4.76. The van der Waals surface area contributed by atoms with Crippen LogP contribution in [0.15, 0.2) is 0 Å². The van der Waals surface area contributed by atoms with Gasteiger partial charge in [-0.25, -0.2) is 0 Å². The van der Waals surface area contributed by atoms with E-state index in [1.54, 1.807) is 11.8 Å². The Morgan fingerprint density at radius 1 is 1.44 bits per heavy atom. The highest BCUT2D eigenvalue weighted by Gasteiger charge is 2.22. The smallest absolute Gasteiger partial charge is 0.239 e. The molecule has 0 aliphatic carbocycles. The summed E-state index contributed by atoms with van der Waals surface area (Å²) >= 11 is 1.69. The van der Waals surface area contributed by atoms with E-state index in [1.807, 2.05) is 13.8 Å². The summed E-state index contributed by atoms with van der Waals surface area (Å²) in [5, 5.41) is 8.42. The first kappa shape index (κ1) is 13.3. The average Bonchev–Trinajstić information content (AvgIpc) is 2.76. The van der Waals surface area contributed by atoms with E-state index >= 15 is 0 Å². The summed E-state index contributed by atoms with van der Waals surface area (Å²) in [6, 6.07) is -0.150. The van der Waals surface area contributed by atoms with Crippen molar-refractivity contribution >= 4 is 23.6 Å². The lowest BCUT2D eigenvalue weighted by Crippen LogP contribution is -2.46. The Morgan fingerprint density at radius 3 is 2.75 bits per heavy atom. The number of thioether (sulfide) groups is 1. The Morgan fingerprint density at radius 2 is 2.19 bits per heavy atom. The minimum atomic E-state index is -0.150. The normalized spacial score (nSPS) is 19.8. The van der Waals surface area contributed by atoms with Crippen molar-refractivity contribution in [1.29, 1.82) is 0 Å². The molecule has 92 valence electrons. The topological polar surface area (TPSA) is 70.2 Å². The van der Waals surface area contributed by atoms with Crippen LogP contribution in [0.5, 0.6) is 0 Å². The fourth-order valence-corrected chi connectivity index (χ4v) is 2.18. The number of carbonyl (C=O) groups excluding carboxylic acids is 2. The van der Waals surface area contributed by atoms with Crippen molar-refractivity contribution in [2.75, 3.05) is 24.7 Å². The zero-order valence-corrected chi connectivity index (χ0v) is 10.5. The zero-order chi connectivity index (χ0) is 12.0. The largest absolute Gasteiger partial charge is 0.354 e. The molecule has 0 aromatic rings. The van der Waals surface area contributed by atoms with Crippen molar-refractivity contribution < 1.29 is 9.59 Å². The van der Waals surface area contributed by atoms with Crippen LogP contribution in [0.1, 0.15) is 13.8 Å². The van der Waals surface area contributed by atoms with Gasteiger partial charge in [-0.3, -0.25) is 14.9 Å². The van der Waals surface area contributed by atoms with Gasteiger partial charge >= 0.3 is 0 Å². The van der Waals surface area contributed by atoms with Gasteiger partial charge in [0, 0.05) is 18.2 Å². The Kier molecular flexibility index (Phi) is 5.62. The Hall–Kier alpha value is -0.750. The van der Waals surface area contributed by atoms with E-state index in [2.05, 4.69) is 16.0 Å². The molecule has 1 heterocycles. The third-order valence-electron chi connectivity index (χ3n) is 2.16. The molecule has 1 rings (SSSR count). The van der Waals surface area contributed by atoms with E-state index in [9.17, 15) is 9.59 Å². The summed E-state index contributed by atoms with van der Waals surface area (Å²) in [5.41, 5.74) is 0. The molecule has 0 aromatic carbocycles. The highest BCUT2D eigenvalue weighted by molar-refractivity contribution is 7.99. The Balaban J connectivity index is 2.13. The molecule has 5 nitrogen and oxygen atoms in total. The van der Waals surface area contributed by atoms with Gasteiger partial charge in [-0.05, 0) is 5.92 Å². The van der Waals surface area contributed by atoms with Crippen LogP contribution >= 0.6 is 11.8 Å². The number of nitrogens with one attached hydrogen (secondary N) is 3. The second-order valence-corrected chi connectivity index (χ2v) is 5.22. The number of hydrogen-bond donors (Lipinski definition) is 3. The van der Waals surface area contributed by atoms with Gasteiger partial charge in [0.05, 0.1) is 12.6 Å². The first-order chi connectivity index (χ1) is 7.59. The maximum absolute atomic E-state index is 11.5. The standard InChI is InChI=1S/C10H19N3O2S/c1-7(2)3-11-9(14)4-12-10(15)8-5-16-6-13-8/h7-8,13H,3-6H2,1-2H3,(H,11,14)(H,12,15). The summed E-state index contributed by atoms with van der Waals surface area (Å²) in [4.78, 5) is 22.8. The minimum Gasteiger partial charge on any atom is -0.354 e. The van der Waals surface area contributed by atoms with Gasteiger partial charge in [0.25, 0.3) is 0 Å². The quantitative estimate of drug-likeness (QED) is 0.613. The molecule has 1 saturated heterocycles. The number of hydrogen-bond acceptors (Lipinski definition) is 4. The highest BCUT2D eigenvalue weighted by atomic mass is 32.2. The fourth-order valence-electron chi connectivity index (χ4n) is 1.23. The summed E-state index contributed by atoms with van der Waals surface area (Å²) in [5.74, 6) is 1.78. The number of carbonyl (C=O) groups is 2. The summed E-state index contributed by atoms with van der Waals surface area (Å²) in [7, 11) is 0. The number of rotatable bonds is 5. The van der Waals surface area contributed by atoms with E-state index in [0.717, 1.165) is 11.6 Å². The van der Waals surface area contributed by atoms with E-state index in [-0.39, 0.29) is 24.4 Å². The van der Waals surface area contributed by atoms with Gasteiger partial charge in [0.2, 0.25) is 11.8 Å². The maximum atomic E-state index is 11.5. The maximum Gasteiger partial charge on any atom is 0.239 e. The van der Waals surface area contributed by atoms with Crippen molar-refractivity contribution in [3.63, 3.8) is 0 Å². The molecule has 3 N–H and O–H groups in total. The first-order valence-electron chi connectivity index (χ1n) is 5.45. The predicted molar refractivity (Wildman–Crippen MR) is 65.1 cm³/mol. The van der Waals surface area contributed by atoms with Crippen LogP contribution in [0.2, 0.25) is 0 Å². The minimum absolute atomic E-state index is 0.0639. The van der Waals surface area contributed by atoms with Gasteiger partial charge in [0.15, 0.2) is 0 Å². The first-order valence-corrected chi connectivity index (χ1v) is 6.60. The van der Waals surface area contributed by atoms with Crippen molar-refractivity contribution in [2.45, 2.75) is 19.9 Å². The van der Waals surface area contributed by atoms with Crippen LogP contribution in [0, 0.1) is 5.92 Å². The molecule has 0 radical (unpaired) electrons. The third kappa shape index (κ3) is 4.85. The molecule has 1 aliphatic rings. The molecule has 1 atom stereocenters. The second-order valence-electron chi connectivity index (χ2n) is 4.19. The lowest BCUT2D eigenvalue weighted by Gasteiger charge is -2.11. The molecule has 6 heteroatoms. The zero-order valence-electron chi connectivity index (χ0n) is 9.71. The van der Waals surface area contributed by atoms with Crippen LogP contribution in [0.25, 0.3) is 0 Å². The van der Waals surface area contributed by atoms with Crippen molar-refractivity contribution in [3.8, 4) is 0 Å². The third-order valence-corrected chi connectivity index (χ3v) is 3.10. The lowest BCUT2D eigenvalue weighted by atomic mass is 10.2. The Bertz CT molecular complexity index is 252. The van der Waals surface area contributed by atoms with Gasteiger partial charge in [0.1, 0.15) is 0 Å². The molecule has 0 spiro atoms. The van der Waals surface area contributed by atoms with Crippen LogP contribution in [0.4, 0.5) is 0 Å². The molecule has 1 unspecified atom stereocenters. The van der Waals surface area contributed by atoms with Crippen LogP contribution in [0.3, 0.4) is 0 Å². The summed E-state index contributed by atoms with van der Waals surface area (Å²) in [6.07, 6.45) is 0. The molecule has 1 aliphatic heterocycles.